The molecule has 1 aliphatic carbocycles. The van der Waals surface area contributed by atoms with Gasteiger partial charge in [-0.1, -0.05) is 60.3 Å². The van der Waals surface area contributed by atoms with Gasteiger partial charge in [0.25, 0.3) is 0 Å². The van der Waals surface area contributed by atoms with Gasteiger partial charge < -0.3 is 20.4 Å². The van der Waals surface area contributed by atoms with Gasteiger partial charge in [0.15, 0.2) is 23.6 Å². The van der Waals surface area contributed by atoms with Gasteiger partial charge >= 0.3 is 0 Å². The number of aliphatic imine (C=N–C) groups is 1. The number of nitriles is 1. The molecule has 2 unspecified atom stereocenters. The number of hydrogen-bond donors (Lipinski definition) is 4. The Labute approximate surface area is 217 Å². The number of H-pyrrole nitrogens is 1. The molecule has 190 valence electrons. The third-order valence-corrected chi connectivity index (χ3v) is 7.06. The molecule has 2 atom stereocenters. The van der Waals surface area contributed by atoms with Crippen molar-refractivity contribution in [1.29, 1.82) is 5.26 Å². The molecule has 9 nitrogen and oxygen atoms in total. The van der Waals surface area contributed by atoms with Gasteiger partial charge in [-0.2, -0.15) is 10.4 Å². The number of anilines is 1. The number of likely N-dealkylation sites (N-methyl/N-ethyl adjacent to an activating group) is 2. The minimum absolute atomic E-state index is 0.148. The second-order valence-corrected chi connectivity index (χ2v) is 9.88. The number of rotatable bonds is 11. The molecule has 1 aliphatic heterocycles. The summed E-state index contributed by atoms with van der Waals surface area (Å²) >= 11 is 1.72. The Morgan fingerprint density at radius 3 is 2.81 bits per heavy atom. The minimum Gasteiger partial charge on any atom is -0.342 e. The van der Waals surface area contributed by atoms with Crippen LogP contribution in [0.1, 0.15) is 26.2 Å². The molecule has 0 radical (unpaired) electrons. The third-order valence-electron chi connectivity index (χ3n) is 6.02. The van der Waals surface area contributed by atoms with E-state index in [1.807, 2.05) is 24.3 Å². The van der Waals surface area contributed by atoms with Gasteiger partial charge in [-0.15, -0.1) is 0 Å². The highest BCUT2D eigenvalue weighted by Crippen LogP contribution is 2.28. The molecule has 0 saturated heterocycles. The highest BCUT2D eigenvalue weighted by atomic mass is 32.2. The number of aromatic amines is 1. The summed E-state index contributed by atoms with van der Waals surface area (Å²) in [5.41, 5.74) is 1.90. The van der Waals surface area contributed by atoms with Crippen LogP contribution < -0.4 is 16.0 Å². The molecule has 1 aromatic carbocycles. The van der Waals surface area contributed by atoms with Crippen LogP contribution in [0.25, 0.3) is 11.3 Å². The summed E-state index contributed by atoms with van der Waals surface area (Å²) in [6, 6.07) is 14.4. The molecule has 2 aliphatic rings. The molecule has 0 bridgehead atoms. The fraction of sp³-hybridized carbons (Fsp3) is 0.423. The van der Waals surface area contributed by atoms with E-state index >= 15 is 0 Å². The molecule has 36 heavy (non-hydrogen) atoms. The molecule has 0 saturated carbocycles. The van der Waals surface area contributed by atoms with Crippen molar-refractivity contribution in [1.82, 2.24) is 30.6 Å². The first kappa shape index (κ1) is 25.8. The van der Waals surface area contributed by atoms with Crippen LogP contribution in [0.4, 0.5) is 5.82 Å². The average Bonchev–Trinajstić information content (AvgIpc) is 3.37. The first-order valence-corrected chi connectivity index (χ1v) is 13.3. The van der Waals surface area contributed by atoms with Crippen LogP contribution in [-0.4, -0.2) is 71.0 Å². The Morgan fingerprint density at radius 2 is 2.06 bits per heavy atom. The molecule has 4 N–H and O–H groups in total. The van der Waals surface area contributed by atoms with Crippen molar-refractivity contribution in [3.63, 3.8) is 0 Å². The lowest BCUT2D eigenvalue weighted by Gasteiger charge is -2.36. The number of hydrogen-bond acceptors (Lipinski definition) is 9. The van der Waals surface area contributed by atoms with E-state index in [-0.39, 0.29) is 11.8 Å². The summed E-state index contributed by atoms with van der Waals surface area (Å²) in [6.07, 6.45) is 9.11. The van der Waals surface area contributed by atoms with E-state index in [1.54, 1.807) is 11.8 Å². The molecule has 0 spiro atoms. The fourth-order valence-electron chi connectivity index (χ4n) is 3.98. The standard InChI is InChI=1S/C26H35N9S/c1-3-35(18-17-34(2)16-10-15-27)25-29-24(30-26(31-25)36-21-13-8-5-9-14-21)28-23-19-22(32-33-23)20-11-6-4-7-12-20/h4,6-8,11-14,19,24,26,30H,3,5,9-10,16-18H2,1-2H3,(H,29,31)(H2,28,32,33). The lowest BCUT2D eigenvalue weighted by Crippen LogP contribution is -2.61. The molecule has 2 heterocycles. The number of allylic oxidation sites excluding steroid dienone is 3. The Kier molecular flexibility index (Phi) is 9.44. The predicted molar refractivity (Wildman–Crippen MR) is 148 cm³/mol. The Morgan fingerprint density at radius 1 is 1.19 bits per heavy atom. The second kappa shape index (κ2) is 13.2. The number of nitrogens with zero attached hydrogens (tertiary/aromatic N) is 5. The van der Waals surface area contributed by atoms with E-state index in [9.17, 15) is 0 Å². The van der Waals surface area contributed by atoms with Crippen molar-refractivity contribution >= 4 is 23.5 Å². The van der Waals surface area contributed by atoms with E-state index in [1.165, 1.54) is 4.91 Å². The number of nitrogens with one attached hydrogen (secondary N) is 4. The number of guanidine groups is 1. The zero-order valence-corrected chi connectivity index (χ0v) is 21.8. The van der Waals surface area contributed by atoms with Gasteiger partial charge in [0.1, 0.15) is 0 Å². The molecule has 10 heteroatoms. The zero-order valence-electron chi connectivity index (χ0n) is 20.9. The quantitative estimate of drug-likeness (QED) is 0.366. The lowest BCUT2D eigenvalue weighted by atomic mass is 10.2. The van der Waals surface area contributed by atoms with Gasteiger partial charge in [0.2, 0.25) is 0 Å². The van der Waals surface area contributed by atoms with Gasteiger partial charge in [0, 0.05) is 43.6 Å². The van der Waals surface area contributed by atoms with E-state index in [0.29, 0.717) is 6.42 Å². The van der Waals surface area contributed by atoms with Crippen molar-refractivity contribution in [3.8, 4) is 17.3 Å². The zero-order chi connectivity index (χ0) is 25.2. The van der Waals surface area contributed by atoms with Crippen LogP contribution in [-0.2, 0) is 0 Å². The maximum Gasteiger partial charge on any atom is 0.199 e. The molecule has 0 fully saturated rings. The first-order chi connectivity index (χ1) is 17.6. The molecule has 0 amide bonds. The molecular weight excluding hydrogens is 470 g/mol. The van der Waals surface area contributed by atoms with Crippen LogP contribution in [0.3, 0.4) is 0 Å². The SMILES string of the molecule is CCN(CCN(C)CCC#N)C1=NC(SC2=CCCC=C2)NC(Nc2cc(-c3ccccc3)[nH]n2)N1. The van der Waals surface area contributed by atoms with E-state index in [4.69, 9.17) is 10.3 Å². The van der Waals surface area contributed by atoms with E-state index in [0.717, 1.165) is 62.1 Å². The smallest absolute Gasteiger partial charge is 0.199 e. The van der Waals surface area contributed by atoms with E-state index < -0.39 is 0 Å². The van der Waals surface area contributed by atoms with Crippen LogP contribution in [0, 0.1) is 11.3 Å². The van der Waals surface area contributed by atoms with Gasteiger partial charge in [-0.05, 0) is 32.4 Å². The largest absolute Gasteiger partial charge is 0.342 e. The maximum absolute atomic E-state index is 8.87. The molecule has 2 aromatic rings. The highest BCUT2D eigenvalue weighted by Gasteiger charge is 2.26. The van der Waals surface area contributed by atoms with Crippen LogP contribution in [0.5, 0.6) is 0 Å². The third kappa shape index (κ3) is 7.37. The number of aromatic nitrogens is 2. The van der Waals surface area contributed by atoms with Crippen molar-refractivity contribution in [2.75, 3.05) is 38.5 Å². The van der Waals surface area contributed by atoms with Crippen LogP contribution in [0.15, 0.2) is 64.5 Å². The topological polar surface area (TPSA) is 107 Å². The molecule has 1 aromatic heterocycles. The molecule has 4 rings (SSSR count). The minimum atomic E-state index is -0.250. The highest BCUT2D eigenvalue weighted by molar-refractivity contribution is 8.03. The van der Waals surface area contributed by atoms with Crippen molar-refractivity contribution < 1.29 is 0 Å². The summed E-state index contributed by atoms with van der Waals surface area (Å²) in [7, 11) is 2.05. The average molecular weight is 506 g/mol. The van der Waals surface area contributed by atoms with Gasteiger partial charge in [-0.3, -0.25) is 5.10 Å². The number of benzene rings is 1. The monoisotopic (exact) mass is 505 g/mol. The summed E-state index contributed by atoms with van der Waals surface area (Å²) in [6.45, 7) is 5.40. The Hall–Kier alpha value is -3.26. The fourth-order valence-corrected chi connectivity index (χ4v) is 4.99. The second-order valence-electron chi connectivity index (χ2n) is 8.72. The normalized spacial score (nSPS) is 19.3. The first-order valence-electron chi connectivity index (χ1n) is 12.5. The van der Waals surface area contributed by atoms with Crippen molar-refractivity contribution in [2.45, 2.75) is 38.0 Å². The lowest BCUT2D eigenvalue weighted by molar-refractivity contribution is 0.288. The Balaban J connectivity index is 1.46. The summed E-state index contributed by atoms with van der Waals surface area (Å²) in [5, 5.41) is 27.0. The van der Waals surface area contributed by atoms with Crippen molar-refractivity contribution in [2.24, 2.45) is 4.99 Å². The summed E-state index contributed by atoms with van der Waals surface area (Å²) < 4.78 is 0. The van der Waals surface area contributed by atoms with Crippen LogP contribution >= 0.6 is 11.8 Å². The number of thioether (sulfide) groups is 1. The maximum atomic E-state index is 8.87. The van der Waals surface area contributed by atoms with E-state index in [2.05, 4.69) is 86.3 Å². The van der Waals surface area contributed by atoms with Crippen LogP contribution in [0.2, 0.25) is 0 Å². The Bertz CT molecular complexity index is 1100. The summed E-state index contributed by atoms with van der Waals surface area (Å²) in [5.74, 6) is 1.60. The van der Waals surface area contributed by atoms with Gasteiger partial charge in [0.05, 0.1) is 11.8 Å². The van der Waals surface area contributed by atoms with Gasteiger partial charge in [-0.25, -0.2) is 10.3 Å². The summed E-state index contributed by atoms with van der Waals surface area (Å²) in [4.78, 5) is 10.7. The predicted octanol–water partition coefficient (Wildman–Crippen LogP) is 3.74. The molecular formula is C26H35N9S. The van der Waals surface area contributed by atoms with Crippen molar-refractivity contribution in [3.05, 3.63) is 59.5 Å².